The number of aryl methyl sites for hydroxylation is 2. The van der Waals surface area contributed by atoms with E-state index in [1.165, 1.54) is 23.1 Å². The van der Waals surface area contributed by atoms with Crippen molar-refractivity contribution in [3.8, 4) is 0 Å². The van der Waals surface area contributed by atoms with Crippen LogP contribution < -0.4 is 5.32 Å². The van der Waals surface area contributed by atoms with Gasteiger partial charge in [-0.1, -0.05) is 23.8 Å². The van der Waals surface area contributed by atoms with E-state index >= 15 is 0 Å². The molecule has 1 fully saturated rings. The molecule has 0 aliphatic carbocycles. The van der Waals surface area contributed by atoms with E-state index in [2.05, 4.69) is 51.3 Å². The summed E-state index contributed by atoms with van der Waals surface area (Å²) in [4.78, 5) is 0. The molecule has 1 N–H and O–H groups in total. The van der Waals surface area contributed by atoms with E-state index < -0.39 is 0 Å². The number of hydrogen-bond donors (Lipinski definition) is 1. The van der Waals surface area contributed by atoms with Gasteiger partial charge in [-0.2, -0.15) is 0 Å². The lowest BCUT2D eigenvalue weighted by molar-refractivity contribution is 0.117. The van der Waals surface area contributed by atoms with Crippen molar-refractivity contribution in [2.75, 3.05) is 13.7 Å². The molecule has 0 amide bonds. The van der Waals surface area contributed by atoms with E-state index in [0.717, 1.165) is 13.0 Å². The first-order chi connectivity index (χ1) is 8.60. The molecule has 0 saturated carbocycles. The van der Waals surface area contributed by atoms with Crippen LogP contribution in [-0.4, -0.2) is 25.8 Å². The van der Waals surface area contributed by atoms with Crippen molar-refractivity contribution in [1.29, 1.82) is 0 Å². The number of ether oxygens (including phenoxy) is 1. The number of rotatable bonds is 4. The van der Waals surface area contributed by atoms with Crippen molar-refractivity contribution >= 4 is 0 Å². The van der Waals surface area contributed by atoms with Crippen LogP contribution in [0.4, 0.5) is 0 Å². The number of nitrogens with one attached hydrogen (secondary N) is 1. The zero-order valence-corrected chi connectivity index (χ0v) is 12.0. The number of likely N-dealkylation sites (N-methyl/N-ethyl adjacent to an activating group) is 1. The van der Waals surface area contributed by atoms with Gasteiger partial charge >= 0.3 is 0 Å². The van der Waals surface area contributed by atoms with Crippen molar-refractivity contribution in [1.82, 2.24) is 5.32 Å². The first-order valence-corrected chi connectivity index (χ1v) is 6.95. The summed E-state index contributed by atoms with van der Waals surface area (Å²) in [5.41, 5.74) is 4.21. The quantitative estimate of drug-likeness (QED) is 0.883. The topological polar surface area (TPSA) is 21.3 Å². The third kappa shape index (κ3) is 3.12. The molecule has 0 aromatic heterocycles. The van der Waals surface area contributed by atoms with Gasteiger partial charge < -0.3 is 10.1 Å². The molecule has 18 heavy (non-hydrogen) atoms. The molecule has 0 radical (unpaired) electrons. The molecule has 1 aliphatic heterocycles. The second kappa shape index (κ2) is 5.85. The minimum atomic E-state index is 0.421. The Balaban J connectivity index is 2.08. The van der Waals surface area contributed by atoms with Crippen LogP contribution >= 0.6 is 0 Å². The Morgan fingerprint density at radius 2 is 2.17 bits per heavy atom. The maximum atomic E-state index is 5.70. The molecule has 1 aromatic rings. The number of benzene rings is 1. The van der Waals surface area contributed by atoms with Crippen molar-refractivity contribution in [2.45, 2.75) is 45.8 Å². The average molecular weight is 247 g/mol. The van der Waals surface area contributed by atoms with Crippen LogP contribution in [0, 0.1) is 19.8 Å². The van der Waals surface area contributed by atoms with Gasteiger partial charge in [0, 0.05) is 12.0 Å². The van der Waals surface area contributed by atoms with Gasteiger partial charge in [0.25, 0.3) is 0 Å². The van der Waals surface area contributed by atoms with E-state index in [9.17, 15) is 0 Å². The molecule has 1 saturated heterocycles. The summed E-state index contributed by atoms with van der Waals surface area (Å²) in [5, 5.41) is 3.48. The lowest BCUT2D eigenvalue weighted by Gasteiger charge is -2.23. The SMILES string of the molecule is CNC(Cc1cc(C)ccc1C)C1COC(C)C1. The summed E-state index contributed by atoms with van der Waals surface area (Å²) in [6, 6.07) is 7.26. The average Bonchev–Trinajstić information content (AvgIpc) is 2.77. The predicted molar refractivity (Wildman–Crippen MR) is 76.0 cm³/mol. The Morgan fingerprint density at radius 1 is 1.39 bits per heavy atom. The molecule has 0 bridgehead atoms. The molecule has 3 atom stereocenters. The highest BCUT2D eigenvalue weighted by Gasteiger charge is 2.28. The summed E-state index contributed by atoms with van der Waals surface area (Å²) in [5.74, 6) is 0.643. The first-order valence-electron chi connectivity index (χ1n) is 6.95. The van der Waals surface area contributed by atoms with Crippen molar-refractivity contribution in [3.05, 3.63) is 34.9 Å². The lowest BCUT2D eigenvalue weighted by Crippen LogP contribution is -2.36. The minimum Gasteiger partial charge on any atom is -0.378 e. The Labute approximate surface area is 111 Å². The third-order valence-electron chi connectivity index (χ3n) is 4.11. The fourth-order valence-electron chi connectivity index (χ4n) is 2.89. The molecule has 1 aromatic carbocycles. The van der Waals surface area contributed by atoms with E-state index in [1.807, 2.05) is 0 Å². The zero-order chi connectivity index (χ0) is 13.1. The van der Waals surface area contributed by atoms with E-state index in [1.54, 1.807) is 0 Å². The normalized spacial score (nSPS) is 25.3. The van der Waals surface area contributed by atoms with Crippen molar-refractivity contribution in [3.63, 3.8) is 0 Å². The molecule has 1 heterocycles. The molecule has 0 spiro atoms. The molecular formula is C16H25NO. The maximum absolute atomic E-state index is 5.70. The second-order valence-electron chi connectivity index (χ2n) is 5.67. The highest BCUT2D eigenvalue weighted by Crippen LogP contribution is 2.25. The van der Waals surface area contributed by atoms with Crippen molar-refractivity contribution in [2.24, 2.45) is 5.92 Å². The van der Waals surface area contributed by atoms with E-state index in [0.29, 0.717) is 18.1 Å². The van der Waals surface area contributed by atoms with Gasteiger partial charge in [-0.05, 0) is 51.8 Å². The standard InChI is InChI=1S/C16H25NO/c1-11-5-6-12(2)14(7-11)9-16(17-4)15-8-13(3)18-10-15/h5-7,13,15-17H,8-10H2,1-4H3. The smallest absolute Gasteiger partial charge is 0.0551 e. The van der Waals surface area contributed by atoms with Gasteiger partial charge in [-0.3, -0.25) is 0 Å². The lowest BCUT2D eigenvalue weighted by atomic mass is 9.89. The highest BCUT2D eigenvalue weighted by molar-refractivity contribution is 5.31. The summed E-state index contributed by atoms with van der Waals surface area (Å²) in [7, 11) is 2.07. The number of hydrogen-bond acceptors (Lipinski definition) is 2. The zero-order valence-electron chi connectivity index (χ0n) is 12.0. The highest BCUT2D eigenvalue weighted by atomic mass is 16.5. The van der Waals surface area contributed by atoms with Gasteiger partial charge in [-0.15, -0.1) is 0 Å². The third-order valence-corrected chi connectivity index (χ3v) is 4.11. The van der Waals surface area contributed by atoms with E-state index in [-0.39, 0.29) is 0 Å². The largest absolute Gasteiger partial charge is 0.378 e. The molecule has 3 unspecified atom stereocenters. The molecule has 2 rings (SSSR count). The van der Waals surface area contributed by atoms with Crippen LogP contribution in [0.5, 0.6) is 0 Å². The molecule has 1 aliphatic rings. The molecular weight excluding hydrogens is 222 g/mol. The predicted octanol–water partition coefficient (Wildman–Crippen LogP) is 2.86. The van der Waals surface area contributed by atoms with Gasteiger partial charge in [0.2, 0.25) is 0 Å². The Kier molecular flexibility index (Phi) is 4.41. The van der Waals surface area contributed by atoms with Gasteiger partial charge in [-0.25, -0.2) is 0 Å². The summed E-state index contributed by atoms with van der Waals surface area (Å²) in [6.45, 7) is 7.44. The van der Waals surface area contributed by atoms with Crippen LogP contribution in [-0.2, 0) is 11.2 Å². The molecule has 2 nitrogen and oxygen atoms in total. The summed E-state index contributed by atoms with van der Waals surface area (Å²) >= 11 is 0. The Hall–Kier alpha value is -0.860. The van der Waals surface area contributed by atoms with Crippen LogP contribution in [0.3, 0.4) is 0 Å². The van der Waals surface area contributed by atoms with Gasteiger partial charge in [0.15, 0.2) is 0 Å². The van der Waals surface area contributed by atoms with Crippen LogP contribution in [0.1, 0.15) is 30.0 Å². The van der Waals surface area contributed by atoms with Crippen LogP contribution in [0.2, 0.25) is 0 Å². The van der Waals surface area contributed by atoms with Gasteiger partial charge in [0.05, 0.1) is 12.7 Å². The fourth-order valence-corrected chi connectivity index (χ4v) is 2.89. The molecule has 2 heteroatoms. The van der Waals surface area contributed by atoms with Crippen molar-refractivity contribution < 1.29 is 4.74 Å². The summed E-state index contributed by atoms with van der Waals surface area (Å²) in [6.07, 6.45) is 2.70. The first kappa shape index (κ1) is 13.6. The fraction of sp³-hybridized carbons (Fsp3) is 0.625. The van der Waals surface area contributed by atoms with Crippen LogP contribution in [0.25, 0.3) is 0 Å². The minimum absolute atomic E-state index is 0.421. The molecule has 100 valence electrons. The second-order valence-corrected chi connectivity index (χ2v) is 5.67. The summed E-state index contributed by atoms with van der Waals surface area (Å²) < 4.78 is 5.70. The monoisotopic (exact) mass is 247 g/mol. The van der Waals surface area contributed by atoms with Gasteiger partial charge in [0.1, 0.15) is 0 Å². The Bertz CT molecular complexity index is 402. The maximum Gasteiger partial charge on any atom is 0.0551 e. The Morgan fingerprint density at radius 3 is 2.78 bits per heavy atom. The van der Waals surface area contributed by atoms with Crippen LogP contribution in [0.15, 0.2) is 18.2 Å². The van der Waals surface area contributed by atoms with E-state index in [4.69, 9.17) is 4.74 Å².